The number of rotatable bonds is 5. The molecule has 14 nitrogen and oxygen atoms in total. The zero-order valence-corrected chi connectivity index (χ0v) is 8.86. The maximum absolute atomic E-state index is 10.8. The van der Waals surface area contributed by atoms with E-state index in [1.54, 1.807) is 0 Å². The van der Waals surface area contributed by atoms with Crippen molar-refractivity contribution in [3.05, 3.63) is 10.1 Å². The number of hydrogen-bond acceptors (Lipinski definition) is 10. The van der Waals surface area contributed by atoms with Gasteiger partial charge in [0.05, 0.1) is 0 Å². The molecule has 0 radical (unpaired) electrons. The van der Waals surface area contributed by atoms with Crippen LogP contribution in [0, 0.1) is 10.1 Å². The van der Waals surface area contributed by atoms with Gasteiger partial charge < -0.3 is 11.5 Å². The van der Waals surface area contributed by atoms with Gasteiger partial charge in [0.2, 0.25) is 5.95 Å². The van der Waals surface area contributed by atoms with Gasteiger partial charge in [0.15, 0.2) is 18.4 Å². The molecule has 18 heavy (non-hydrogen) atoms. The van der Waals surface area contributed by atoms with E-state index >= 15 is 0 Å². The number of anilines is 2. The molecule has 0 aliphatic carbocycles. The van der Waals surface area contributed by atoms with Crippen LogP contribution in [0.25, 0.3) is 0 Å². The largest absolute Gasteiger partial charge is 0.367 e. The summed E-state index contributed by atoms with van der Waals surface area (Å²) in [7, 11) is 0. The third-order valence-electron chi connectivity index (χ3n) is 1.85. The summed E-state index contributed by atoms with van der Waals surface area (Å²) in [6, 6.07) is 0. The predicted octanol–water partition coefficient (Wildman–Crippen LogP) is -3.07. The van der Waals surface area contributed by atoms with Crippen molar-refractivity contribution >= 4 is 11.9 Å². The average molecular weight is 256 g/mol. The van der Waals surface area contributed by atoms with Crippen LogP contribution in [-0.2, 0) is 13.3 Å². The number of nitrogens with zero attached hydrogens (tertiary/aromatic N) is 10. The standard InChI is InChI=1S/C4H8N12O2/c5-3-7-11-15(9-3)2-13(16(17)18)1-14-4(6)8-10-12-14/h1-2H2,(H2,5,9)(H2,6,8,12). The number of nitrogen functional groups attached to an aromatic ring is 2. The number of aromatic nitrogens is 8. The first kappa shape index (κ1) is 11.4. The van der Waals surface area contributed by atoms with Gasteiger partial charge in [-0.2, -0.15) is 4.68 Å². The van der Waals surface area contributed by atoms with E-state index in [1.165, 1.54) is 0 Å². The third kappa shape index (κ3) is 2.36. The Balaban J connectivity index is 2.09. The Hall–Kier alpha value is -3.06. The summed E-state index contributed by atoms with van der Waals surface area (Å²) in [6.45, 7) is -0.552. The molecule has 2 rings (SSSR count). The molecule has 0 aromatic carbocycles. The molecule has 0 saturated carbocycles. The van der Waals surface area contributed by atoms with E-state index in [1.807, 2.05) is 0 Å². The average Bonchev–Trinajstić information content (AvgIpc) is 2.88. The molecule has 2 aromatic rings. The summed E-state index contributed by atoms with van der Waals surface area (Å²) in [4.78, 5) is 11.8. The van der Waals surface area contributed by atoms with Gasteiger partial charge in [0.1, 0.15) is 0 Å². The van der Waals surface area contributed by atoms with Crippen molar-refractivity contribution in [1.29, 1.82) is 0 Å². The summed E-state index contributed by atoms with van der Waals surface area (Å²) in [6.07, 6.45) is 0. The van der Waals surface area contributed by atoms with Crippen LogP contribution in [0.5, 0.6) is 0 Å². The smallest absolute Gasteiger partial charge is 0.260 e. The molecule has 0 amide bonds. The Morgan fingerprint density at radius 2 is 2.06 bits per heavy atom. The lowest BCUT2D eigenvalue weighted by atomic mass is 10.8. The molecule has 0 spiro atoms. The van der Waals surface area contributed by atoms with Crippen LogP contribution in [0.15, 0.2) is 0 Å². The molecule has 14 heteroatoms. The lowest BCUT2D eigenvalue weighted by Crippen LogP contribution is -2.35. The van der Waals surface area contributed by atoms with Gasteiger partial charge >= 0.3 is 0 Å². The highest BCUT2D eigenvalue weighted by atomic mass is 16.7. The summed E-state index contributed by atoms with van der Waals surface area (Å²) in [5.41, 5.74) is 10.6. The van der Waals surface area contributed by atoms with Crippen molar-refractivity contribution in [3.8, 4) is 0 Å². The first-order chi connectivity index (χ1) is 8.56. The van der Waals surface area contributed by atoms with Crippen molar-refractivity contribution in [2.24, 2.45) is 0 Å². The number of tetrazole rings is 2. The fraction of sp³-hybridized carbons (Fsp3) is 0.500. The van der Waals surface area contributed by atoms with Crippen LogP contribution in [0.1, 0.15) is 0 Å². The molecule has 4 N–H and O–H groups in total. The van der Waals surface area contributed by atoms with Crippen molar-refractivity contribution < 1.29 is 5.03 Å². The fourth-order valence-corrected chi connectivity index (χ4v) is 1.08. The van der Waals surface area contributed by atoms with E-state index in [-0.39, 0.29) is 25.2 Å². The number of nitro groups is 1. The zero-order valence-electron chi connectivity index (χ0n) is 8.86. The highest BCUT2D eigenvalue weighted by Crippen LogP contribution is 1.99. The second-order valence-corrected chi connectivity index (χ2v) is 3.08. The first-order valence-electron chi connectivity index (χ1n) is 4.50. The van der Waals surface area contributed by atoms with Gasteiger partial charge in [0.25, 0.3) is 5.95 Å². The molecular weight excluding hydrogens is 248 g/mol. The molecule has 0 bridgehead atoms. The van der Waals surface area contributed by atoms with Gasteiger partial charge in [-0.05, 0) is 15.6 Å². The zero-order chi connectivity index (χ0) is 13.1. The third-order valence-corrected chi connectivity index (χ3v) is 1.85. The highest BCUT2D eigenvalue weighted by molar-refractivity contribution is 5.09. The van der Waals surface area contributed by atoms with Gasteiger partial charge in [-0.25, -0.2) is 10.1 Å². The van der Waals surface area contributed by atoms with Crippen LogP contribution in [0.2, 0.25) is 0 Å². The van der Waals surface area contributed by atoms with Crippen molar-refractivity contribution in [3.63, 3.8) is 0 Å². The van der Waals surface area contributed by atoms with E-state index in [2.05, 4.69) is 30.9 Å². The molecule has 0 atom stereocenters. The molecule has 2 heterocycles. The Morgan fingerprint density at radius 1 is 1.28 bits per heavy atom. The second-order valence-electron chi connectivity index (χ2n) is 3.08. The van der Waals surface area contributed by atoms with Crippen LogP contribution in [0.4, 0.5) is 11.9 Å². The number of nitrogens with two attached hydrogens (primary N) is 2. The van der Waals surface area contributed by atoms with Gasteiger partial charge in [-0.15, -0.1) is 9.90 Å². The highest BCUT2D eigenvalue weighted by Gasteiger charge is 2.19. The monoisotopic (exact) mass is 256 g/mol. The van der Waals surface area contributed by atoms with E-state index in [4.69, 9.17) is 11.5 Å². The number of hydrazine groups is 1. The second kappa shape index (κ2) is 4.44. The lowest BCUT2D eigenvalue weighted by molar-refractivity contribution is -0.671. The first-order valence-corrected chi connectivity index (χ1v) is 4.50. The summed E-state index contributed by atoms with van der Waals surface area (Å²) in [5.74, 6) is -0.131. The minimum absolute atomic E-state index is 0.0482. The molecule has 0 unspecified atom stereocenters. The Bertz CT molecular complexity index is 544. The van der Waals surface area contributed by atoms with Crippen LogP contribution in [-0.4, -0.2) is 50.5 Å². The fourth-order valence-electron chi connectivity index (χ4n) is 1.08. The Kier molecular flexibility index (Phi) is 2.82. The van der Waals surface area contributed by atoms with E-state index in [0.717, 1.165) is 14.5 Å². The van der Waals surface area contributed by atoms with Crippen molar-refractivity contribution in [2.75, 3.05) is 11.5 Å². The maximum Gasteiger partial charge on any atom is 0.260 e. The minimum atomic E-state index is -0.666. The van der Waals surface area contributed by atoms with Crippen LogP contribution < -0.4 is 11.5 Å². The van der Waals surface area contributed by atoms with Gasteiger partial charge in [0, 0.05) is 0 Å². The molecule has 96 valence electrons. The Morgan fingerprint density at radius 3 is 2.56 bits per heavy atom. The molecule has 0 saturated heterocycles. The predicted molar refractivity (Wildman–Crippen MR) is 53.3 cm³/mol. The maximum atomic E-state index is 10.8. The topological polar surface area (TPSA) is 186 Å². The normalized spacial score (nSPS) is 10.4. The summed E-state index contributed by atoms with van der Waals surface area (Å²) in [5, 5.41) is 31.5. The van der Waals surface area contributed by atoms with E-state index in [0.29, 0.717) is 0 Å². The Labute approximate surface area is 98.2 Å². The minimum Gasteiger partial charge on any atom is -0.367 e. The van der Waals surface area contributed by atoms with E-state index in [9.17, 15) is 10.1 Å². The SMILES string of the molecule is Nc1nnn(CN(Cn2nnnc2N)[N+](=O)[O-])n1. The van der Waals surface area contributed by atoms with Gasteiger partial charge in [-0.1, -0.05) is 15.2 Å². The quantitative estimate of drug-likeness (QED) is 0.408. The van der Waals surface area contributed by atoms with E-state index < -0.39 is 5.03 Å². The molecule has 2 aromatic heterocycles. The van der Waals surface area contributed by atoms with Crippen LogP contribution in [0.3, 0.4) is 0 Å². The molecular formula is C4H8N12O2. The molecule has 0 aliphatic heterocycles. The van der Waals surface area contributed by atoms with Crippen molar-refractivity contribution in [1.82, 2.24) is 45.4 Å². The van der Waals surface area contributed by atoms with Crippen LogP contribution >= 0.6 is 0 Å². The molecule has 0 fully saturated rings. The van der Waals surface area contributed by atoms with Gasteiger partial charge in [-0.3, -0.25) is 0 Å². The molecule has 0 aliphatic rings. The van der Waals surface area contributed by atoms with Crippen molar-refractivity contribution in [2.45, 2.75) is 13.3 Å². The lowest BCUT2D eigenvalue weighted by Gasteiger charge is -2.12. The summed E-state index contributed by atoms with van der Waals surface area (Å²) < 4.78 is 1.04. The summed E-state index contributed by atoms with van der Waals surface area (Å²) >= 11 is 0. The number of hydrogen-bond donors (Lipinski definition) is 2.